The summed E-state index contributed by atoms with van der Waals surface area (Å²) < 4.78 is 15.4. The summed E-state index contributed by atoms with van der Waals surface area (Å²) in [4.78, 5) is 11.9. The first kappa shape index (κ1) is 16.5. The number of nitrogens with one attached hydrogen (secondary N) is 1. The van der Waals surface area contributed by atoms with E-state index in [-0.39, 0.29) is 17.3 Å². The SMILES string of the molecule is C=CCn1c(C)nnc1SCC(=O)Nc1cc(Cl)ccc1F. The van der Waals surface area contributed by atoms with Crippen LogP contribution in [0.2, 0.25) is 5.02 Å². The molecule has 1 aromatic heterocycles. The van der Waals surface area contributed by atoms with Crippen LogP contribution in [0.25, 0.3) is 0 Å². The number of carbonyl (C=O) groups excluding carboxylic acids is 1. The number of amides is 1. The molecule has 0 spiro atoms. The molecule has 0 fully saturated rings. The molecule has 0 atom stereocenters. The zero-order valence-corrected chi connectivity index (χ0v) is 13.4. The smallest absolute Gasteiger partial charge is 0.234 e. The Kier molecular flexibility index (Phi) is 5.57. The molecule has 1 amide bonds. The fraction of sp³-hybridized carbons (Fsp3) is 0.214. The van der Waals surface area contributed by atoms with E-state index in [0.29, 0.717) is 16.7 Å². The predicted octanol–water partition coefficient (Wildman–Crippen LogP) is 3.30. The molecule has 0 saturated heterocycles. The van der Waals surface area contributed by atoms with Crippen LogP contribution in [0, 0.1) is 12.7 Å². The van der Waals surface area contributed by atoms with Gasteiger partial charge in [-0.2, -0.15) is 0 Å². The van der Waals surface area contributed by atoms with Crippen LogP contribution in [0.1, 0.15) is 5.82 Å². The molecule has 8 heteroatoms. The fourth-order valence-electron chi connectivity index (χ4n) is 1.72. The Morgan fingerprint density at radius 3 is 3.05 bits per heavy atom. The number of anilines is 1. The highest BCUT2D eigenvalue weighted by atomic mass is 35.5. The van der Waals surface area contributed by atoms with E-state index < -0.39 is 5.82 Å². The van der Waals surface area contributed by atoms with Crippen molar-refractivity contribution in [1.29, 1.82) is 0 Å². The molecule has 0 aliphatic carbocycles. The lowest BCUT2D eigenvalue weighted by molar-refractivity contribution is -0.113. The number of allylic oxidation sites excluding steroid dienone is 1. The Morgan fingerprint density at radius 2 is 2.32 bits per heavy atom. The Labute approximate surface area is 136 Å². The van der Waals surface area contributed by atoms with Gasteiger partial charge in [0.2, 0.25) is 5.91 Å². The maximum absolute atomic E-state index is 13.5. The second kappa shape index (κ2) is 7.42. The van der Waals surface area contributed by atoms with Crippen LogP contribution in [0.3, 0.4) is 0 Å². The molecule has 0 saturated carbocycles. The van der Waals surface area contributed by atoms with Crippen molar-refractivity contribution in [3.05, 3.63) is 47.5 Å². The zero-order chi connectivity index (χ0) is 16.1. The van der Waals surface area contributed by atoms with Crippen molar-refractivity contribution in [2.24, 2.45) is 0 Å². The number of benzene rings is 1. The first-order valence-corrected chi connectivity index (χ1v) is 7.76. The number of nitrogens with zero attached hydrogens (tertiary/aromatic N) is 3. The van der Waals surface area contributed by atoms with Gasteiger partial charge in [-0.3, -0.25) is 4.79 Å². The van der Waals surface area contributed by atoms with Crippen LogP contribution in [-0.2, 0) is 11.3 Å². The molecular weight excluding hydrogens is 327 g/mol. The average molecular weight is 341 g/mol. The van der Waals surface area contributed by atoms with Gasteiger partial charge in [-0.1, -0.05) is 29.4 Å². The molecule has 116 valence electrons. The Bertz CT molecular complexity index is 704. The number of rotatable bonds is 6. The van der Waals surface area contributed by atoms with E-state index in [1.165, 1.54) is 30.0 Å². The maximum Gasteiger partial charge on any atom is 0.234 e. The molecule has 0 radical (unpaired) electrons. The van der Waals surface area contributed by atoms with Crippen molar-refractivity contribution in [1.82, 2.24) is 14.8 Å². The summed E-state index contributed by atoms with van der Waals surface area (Å²) in [6, 6.07) is 3.99. The normalized spacial score (nSPS) is 10.5. The van der Waals surface area contributed by atoms with Gasteiger partial charge in [0.05, 0.1) is 11.4 Å². The molecule has 2 rings (SSSR count). The summed E-state index contributed by atoms with van der Waals surface area (Å²) in [7, 11) is 0. The average Bonchev–Trinajstić information content (AvgIpc) is 2.82. The van der Waals surface area contributed by atoms with Crippen molar-refractivity contribution < 1.29 is 9.18 Å². The summed E-state index contributed by atoms with van der Waals surface area (Å²) in [5.74, 6) is -0.0598. The van der Waals surface area contributed by atoms with Gasteiger partial charge in [-0.25, -0.2) is 4.39 Å². The van der Waals surface area contributed by atoms with E-state index in [1.807, 2.05) is 11.5 Å². The fourth-order valence-corrected chi connectivity index (χ4v) is 2.68. The van der Waals surface area contributed by atoms with E-state index >= 15 is 0 Å². The Hall–Kier alpha value is -1.86. The van der Waals surface area contributed by atoms with Crippen LogP contribution < -0.4 is 5.32 Å². The third-order valence-corrected chi connectivity index (χ3v) is 3.95. The van der Waals surface area contributed by atoms with Crippen LogP contribution in [-0.4, -0.2) is 26.4 Å². The van der Waals surface area contributed by atoms with Crippen molar-refractivity contribution in [3.8, 4) is 0 Å². The van der Waals surface area contributed by atoms with Gasteiger partial charge in [0.1, 0.15) is 11.6 Å². The number of carbonyl (C=O) groups is 1. The highest BCUT2D eigenvalue weighted by molar-refractivity contribution is 7.99. The monoisotopic (exact) mass is 340 g/mol. The lowest BCUT2D eigenvalue weighted by Crippen LogP contribution is -2.15. The third kappa shape index (κ3) is 4.08. The topological polar surface area (TPSA) is 59.8 Å². The van der Waals surface area contributed by atoms with Gasteiger partial charge in [-0.15, -0.1) is 16.8 Å². The minimum absolute atomic E-state index is 0.0573. The highest BCUT2D eigenvalue weighted by Gasteiger charge is 2.12. The van der Waals surface area contributed by atoms with E-state index in [1.54, 1.807) is 6.08 Å². The largest absolute Gasteiger partial charge is 0.323 e. The molecule has 0 unspecified atom stereocenters. The van der Waals surface area contributed by atoms with E-state index in [9.17, 15) is 9.18 Å². The van der Waals surface area contributed by atoms with Crippen LogP contribution in [0.5, 0.6) is 0 Å². The lowest BCUT2D eigenvalue weighted by Gasteiger charge is -2.07. The van der Waals surface area contributed by atoms with Gasteiger partial charge in [0.25, 0.3) is 0 Å². The second-order valence-corrected chi connectivity index (χ2v) is 5.77. The number of aromatic nitrogens is 3. The van der Waals surface area contributed by atoms with Gasteiger partial charge < -0.3 is 9.88 Å². The van der Waals surface area contributed by atoms with E-state index in [0.717, 1.165) is 5.82 Å². The van der Waals surface area contributed by atoms with Crippen molar-refractivity contribution in [2.75, 3.05) is 11.1 Å². The minimum atomic E-state index is -0.534. The van der Waals surface area contributed by atoms with Crippen LogP contribution in [0.4, 0.5) is 10.1 Å². The molecule has 5 nitrogen and oxygen atoms in total. The molecule has 1 N–H and O–H groups in total. The molecule has 0 bridgehead atoms. The van der Waals surface area contributed by atoms with Crippen LogP contribution in [0.15, 0.2) is 36.0 Å². The van der Waals surface area contributed by atoms with Gasteiger partial charge in [0, 0.05) is 11.6 Å². The van der Waals surface area contributed by atoms with Crippen LogP contribution >= 0.6 is 23.4 Å². The number of thioether (sulfide) groups is 1. The Balaban J connectivity index is 1.98. The summed E-state index contributed by atoms with van der Waals surface area (Å²) in [5.41, 5.74) is 0.0573. The van der Waals surface area contributed by atoms with Crippen molar-refractivity contribution in [2.45, 2.75) is 18.6 Å². The second-order valence-electron chi connectivity index (χ2n) is 4.39. The van der Waals surface area contributed by atoms with Crippen molar-refractivity contribution >= 4 is 35.0 Å². The maximum atomic E-state index is 13.5. The number of hydrogen-bond donors (Lipinski definition) is 1. The number of halogens is 2. The third-order valence-electron chi connectivity index (χ3n) is 2.75. The summed E-state index contributed by atoms with van der Waals surface area (Å²) in [6.07, 6.45) is 1.72. The lowest BCUT2D eigenvalue weighted by atomic mass is 10.3. The number of hydrogen-bond acceptors (Lipinski definition) is 4. The molecule has 22 heavy (non-hydrogen) atoms. The summed E-state index contributed by atoms with van der Waals surface area (Å²) in [5, 5.41) is 11.4. The summed E-state index contributed by atoms with van der Waals surface area (Å²) in [6.45, 7) is 6.05. The molecule has 2 aromatic rings. The molecule has 1 heterocycles. The van der Waals surface area contributed by atoms with E-state index in [2.05, 4.69) is 22.1 Å². The van der Waals surface area contributed by atoms with Gasteiger partial charge in [-0.05, 0) is 25.1 Å². The molecular formula is C14H14ClFN4OS. The number of aryl methyl sites for hydroxylation is 1. The molecule has 0 aliphatic heterocycles. The minimum Gasteiger partial charge on any atom is -0.323 e. The first-order chi connectivity index (χ1) is 10.5. The quantitative estimate of drug-likeness (QED) is 0.647. The molecule has 0 aliphatic rings. The van der Waals surface area contributed by atoms with E-state index in [4.69, 9.17) is 11.6 Å². The van der Waals surface area contributed by atoms with Crippen molar-refractivity contribution in [3.63, 3.8) is 0 Å². The van der Waals surface area contributed by atoms with Gasteiger partial charge in [0.15, 0.2) is 5.16 Å². The standard InChI is InChI=1S/C14H14ClFN4OS/c1-3-6-20-9(2)18-19-14(20)22-8-13(21)17-12-7-10(15)4-5-11(12)16/h3-5,7H,1,6,8H2,2H3,(H,17,21). The van der Waals surface area contributed by atoms with Gasteiger partial charge >= 0.3 is 0 Å². The zero-order valence-electron chi connectivity index (χ0n) is 11.8. The Morgan fingerprint density at radius 1 is 1.55 bits per heavy atom. The highest BCUT2D eigenvalue weighted by Crippen LogP contribution is 2.21. The molecule has 1 aromatic carbocycles. The predicted molar refractivity (Wildman–Crippen MR) is 85.7 cm³/mol. The summed E-state index contributed by atoms with van der Waals surface area (Å²) >= 11 is 7.00. The first-order valence-electron chi connectivity index (χ1n) is 6.39.